The van der Waals surface area contributed by atoms with Gasteiger partial charge in [-0.15, -0.1) is 5.10 Å². The van der Waals surface area contributed by atoms with Crippen molar-refractivity contribution in [1.82, 2.24) is 20.5 Å². The normalized spacial score (nSPS) is 13.6. The molecule has 0 saturated carbocycles. The van der Waals surface area contributed by atoms with E-state index in [-0.39, 0.29) is 16.7 Å². The Morgan fingerprint density at radius 3 is 2.56 bits per heavy atom. The standard InChI is InChI=1S/C10H18N4OS/c1-6(8(15)12-10(3,4)5)16-9-11-7(2)13-14-9/h6H,1-5H3,(H,12,15)(H,11,13,14). The average molecular weight is 242 g/mol. The molecule has 6 heteroatoms. The van der Waals surface area contributed by atoms with Crippen LogP contribution >= 0.6 is 11.8 Å². The van der Waals surface area contributed by atoms with Crippen molar-refractivity contribution in [2.45, 2.75) is 50.6 Å². The number of thioether (sulfide) groups is 1. The Labute approximate surface area is 99.8 Å². The summed E-state index contributed by atoms with van der Waals surface area (Å²) in [6, 6.07) is 0. The highest BCUT2D eigenvalue weighted by Crippen LogP contribution is 2.19. The SMILES string of the molecule is Cc1nc(SC(C)C(=O)NC(C)(C)C)n[nH]1. The predicted molar refractivity (Wildman–Crippen MR) is 64.3 cm³/mol. The number of carbonyl (C=O) groups is 1. The molecule has 5 nitrogen and oxygen atoms in total. The van der Waals surface area contributed by atoms with Crippen LogP contribution in [0, 0.1) is 6.92 Å². The van der Waals surface area contributed by atoms with Crippen molar-refractivity contribution >= 4 is 17.7 Å². The number of nitrogens with zero attached hydrogens (tertiary/aromatic N) is 2. The third kappa shape index (κ3) is 4.22. The summed E-state index contributed by atoms with van der Waals surface area (Å²) in [5, 5.41) is 10.1. The minimum absolute atomic E-state index is 0.0000435. The first-order valence-electron chi connectivity index (χ1n) is 5.15. The number of aromatic amines is 1. The fraction of sp³-hybridized carbons (Fsp3) is 0.700. The summed E-state index contributed by atoms with van der Waals surface area (Å²) in [5.41, 5.74) is -0.208. The lowest BCUT2D eigenvalue weighted by Crippen LogP contribution is -2.44. The molecule has 1 aromatic heterocycles. The Morgan fingerprint density at radius 1 is 1.50 bits per heavy atom. The molecule has 0 aliphatic heterocycles. The lowest BCUT2D eigenvalue weighted by Gasteiger charge is -2.22. The van der Waals surface area contributed by atoms with Gasteiger partial charge >= 0.3 is 0 Å². The van der Waals surface area contributed by atoms with Gasteiger partial charge in [0.2, 0.25) is 11.1 Å². The third-order valence-electron chi connectivity index (χ3n) is 1.73. The van der Waals surface area contributed by atoms with Crippen LogP contribution in [-0.4, -0.2) is 31.9 Å². The molecule has 1 atom stereocenters. The number of H-pyrrole nitrogens is 1. The van der Waals surface area contributed by atoms with Crippen LogP contribution in [0.3, 0.4) is 0 Å². The van der Waals surface area contributed by atoms with Gasteiger partial charge in [-0.05, 0) is 34.6 Å². The lowest BCUT2D eigenvalue weighted by atomic mass is 10.1. The summed E-state index contributed by atoms with van der Waals surface area (Å²) in [5.74, 6) is 0.755. The largest absolute Gasteiger partial charge is 0.351 e. The van der Waals surface area contributed by atoms with Gasteiger partial charge in [-0.2, -0.15) is 0 Å². The van der Waals surface area contributed by atoms with Gasteiger partial charge in [0.1, 0.15) is 5.82 Å². The summed E-state index contributed by atoms with van der Waals surface area (Å²) >= 11 is 1.35. The van der Waals surface area contributed by atoms with E-state index in [2.05, 4.69) is 20.5 Å². The van der Waals surface area contributed by atoms with Gasteiger partial charge < -0.3 is 5.32 Å². The van der Waals surface area contributed by atoms with E-state index >= 15 is 0 Å². The van der Waals surface area contributed by atoms with Crippen LogP contribution in [0.2, 0.25) is 0 Å². The summed E-state index contributed by atoms with van der Waals surface area (Å²) in [6.07, 6.45) is 0. The highest BCUT2D eigenvalue weighted by molar-refractivity contribution is 8.00. The number of aromatic nitrogens is 3. The third-order valence-corrected chi connectivity index (χ3v) is 2.69. The molecule has 1 unspecified atom stereocenters. The minimum atomic E-state index is -0.208. The van der Waals surface area contributed by atoms with Crippen molar-refractivity contribution in [2.24, 2.45) is 0 Å². The van der Waals surface area contributed by atoms with E-state index in [0.29, 0.717) is 5.16 Å². The van der Waals surface area contributed by atoms with E-state index in [1.807, 2.05) is 34.6 Å². The molecule has 1 rings (SSSR count). The zero-order chi connectivity index (χ0) is 12.3. The molecular formula is C10H18N4OS. The van der Waals surface area contributed by atoms with Gasteiger partial charge in [-0.1, -0.05) is 11.8 Å². The predicted octanol–water partition coefficient (Wildman–Crippen LogP) is 1.51. The first-order chi connectivity index (χ1) is 7.28. The number of hydrogen-bond acceptors (Lipinski definition) is 4. The number of aryl methyl sites for hydroxylation is 1. The molecule has 0 bridgehead atoms. The number of hydrogen-bond donors (Lipinski definition) is 2. The van der Waals surface area contributed by atoms with Crippen molar-refractivity contribution in [2.75, 3.05) is 0 Å². The fourth-order valence-electron chi connectivity index (χ4n) is 1.06. The van der Waals surface area contributed by atoms with Crippen molar-refractivity contribution in [3.05, 3.63) is 5.82 Å². The Bertz CT molecular complexity index is 369. The summed E-state index contributed by atoms with van der Waals surface area (Å²) in [6.45, 7) is 9.55. The fourth-order valence-corrected chi connectivity index (χ4v) is 1.83. The van der Waals surface area contributed by atoms with E-state index in [1.165, 1.54) is 11.8 Å². The quantitative estimate of drug-likeness (QED) is 0.788. The number of nitrogens with one attached hydrogen (secondary N) is 2. The molecule has 1 aromatic rings. The Balaban J connectivity index is 2.52. The maximum atomic E-state index is 11.8. The van der Waals surface area contributed by atoms with Crippen LogP contribution in [0.1, 0.15) is 33.5 Å². The molecule has 2 N–H and O–H groups in total. The average Bonchev–Trinajstić information content (AvgIpc) is 2.48. The number of carbonyl (C=O) groups excluding carboxylic acids is 1. The molecule has 1 amide bonds. The molecule has 0 spiro atoms. The van der Waals surface area contributed by atoms with Crippen LogP contribution in [-0.2, 0) is 4.79 Å². The minimum Gasteiger partial charge on any atom is -0.351 e. The smallest absolute Gasteiger partial charge is 0.233 e. The topological polar surface area (TPSA) is 70.7 Å². The molecule has 90 valence electrons. The lowest BCUT2D eigenvalue weighted by molar-refractivity contribution is -0.121. The van der Waals surface area contributed by atoms with Gasteiger partial charge in [0.15, 0.2) is 0 Å². The van der Waals surface area contributed by atoms with Crippen molar-refractivity contribution in [3.8, 4) is 0 Å². The van der Waals surface area contributed by atoms with Gasteiger partial charge in [-0.3, -0.25) is 9.89 Å². The van der Waals surface area contributed by atoms with Crippen LogP contribution in [0.25, 0.3) is 0 Å². The van der Waals surface area contributed by atoms with Crippen LogP contribution < -0.4 is 5.32 Å². The molecule has 0 aromatic carbocycles. The van der Waals surface area contributed by atoms with E-state index in [0.717, 1.165) is 5.82 Å². The zero-order valence-electron chi connectivity index (χ0n) is 10.3. The van der Waals surface area contributed by atoms with E-state index in [4.69, 9.17) is 0 Å². The van der Waals surface area contributed by atoms with E-state index < -0.39 is 0 Å². The van der Waals surface area contributed by atoms with Crippen LogP contribution in [0.5, 0.6) is 0 Å². The van der Waals surface area contributed by atoms with Gasteiger partial charge in [0.25, 0.3) is 0 Å². The van der Waals surface area contributed by atoms with E-state index in [1.54, 1.807) is 0 Å². The molecule has 0 radical (unpaired) electrons. The zero-order valence-corrected chi connectivity index (χ0v) is 11.1. The number of rotatable bonds is 3. The maximum absolute atomic E-state index is 11.8. The molecular weight excluding hydrogens is 224 g/mol. The van der Waals surface area contributed by atoms with Crippen LogP contribution in [0.15, 0.2) is 5.16 Å². The van der Waals surface area contributed by atoms with Gasteiger partial charge in [0.05, 0.1) is 5.25 Å². The highest BCUT2D eigenvalue weighted by atomic mass is 32.2. The van der Waals surface area contributed by atoms with Gasteiger partial charge in [-0.25, -0.2) is 4.98 Å². The van der Waals surface area contributed by atoms with Crippen LogP contribution in [0.4, 0.5) is 0 Å². The second-order valence-electron chi connectivity index (χ2n) is 4.70. The Morgan fingerprint density at radius 2 is 2.12 bits per heavy atom. The van der Waals surface area contributed by atoms with Gasteiger partial charge in [0, 0.05) is 5.54 Å². The maximum Gasteiger partial charge on any atom is 0.233 e. The molecule has 16 heavy (non-hydrogen) atoms. The highest BCUT2D eigenvalue weighted by Gasteiger charge is 2.21. The van der Waals surface area contributed by atoms with E-state index in [9.17, 15) is 4.79 Å². The Hall–Kier alpha value is -1.04. The monoisotopic (exact) mass is 242 g/mol. The van der Waals surface area contributed by atoms with Crippen molar-refractivity contribution in [3.63, 3.8) is 0 Å². The first kappa shape index (κ1) is 13.0. The number of amides is 1. The molecule has 0 fully saturated rings. The first-order valence-corrected chi connectivity index (χ1v) is 6.03. The summed E-state index contributed by atoms with van der Waals surface area (Å²) in [7, 11) is 0. The Kier molecular flexibility index (Phi) is 3.96. The summed E-state index contributed by atoms with van der Waals surface area (Å²) in [4.78, 5) is 15.9. The molecule has 0 aliphatic carbocycles. The molecule has 1 heterocycles. The second kappa shape index (κ2) is 4.86. The molecule has 0 saturated heterocycles. The summed E-state index contributed by atoms with van der Waals surface area (Å²) < 4.78 is 0. The van der Waals surface area contributed by atoms with Crippen molar-refractivity contribution in [1.29, 1.82) is 0 Å². The van der Waals surface area contributed by atoms with Crippen molar-refractivity contribution < 1.29 is 4.79 Å². The second-order valence-corrected chi connectivity index (χ2v) is 6.01. The molecule has 0 aliphatic rings.